The highest BCUT2D eigenvalue weighted by molar-refractivity contribution is 7.90. The van der Waals surface area contributed by atoms with E-state index in [4.69, 9.17) is 4.74 Å². The van der Waals surface area contributed by atoms with Crippen LogP contribution in [0.25, 0.3) is 11.1 Å². The van der Waals surface area contributed by atoms with Crippen LogP contribution in [0.3, 0.4) is 0 Å². The largest absolute Gasteiger partial charge is 0.490 e. The Labute approximate surface area is 205 Å². The first-order valence-electron chi connectivity index (χ1n) is 10.8. The van der Waals surface area contributed by atoms with Crippen LogP contribution in [0.4, 0.5) is 18.9 Å². The summed E-state index contributed by atoms with van der Waals surface area (Å²) >= 11 is 0. The van der Waals surface area contributed by atoms with Crippen molar-refractivity contribution in [2.45, 2.75) is 25.9 Å². The van der Waals surface area contributed by atoms with Gasteiger partial charge in [-0.25, -0.2) is 12.8 Å². The van der Waals surface area contributed by atoms with Crippen molar-refractivity contribution in [1.82, 2.24) is 4.98 Å². The van der Waals surface area contributed by atoms with Crippen molar-refractivity contribution in [3.05, 3.63) is 81.9 Å². The zero-order valence-corrected chi connectivity index (χ0v) is 20.2. The number of halogens is 3. The lowest BCUT2D eigenvalue weighted by Gasteiger charge is -2.19. The van der Waals surface area contributed by atoms with Crippen LogP contribution in [0.5, 0.6) is 11.5 Å². The van der Waals surface area contributed by atoms with Crippen molar-refractivity contribution in [1.29, 1.82) is 0 Å². The van der Waals surface area contributed by atoms with E-state index in [1.807, 2.05) is 0 Å². The summed E-state index contributed by atoms with van der Waals surface area (Å²) in [6.07, 6.45) is 2.13. The minimum atomic E-state index is -3.57. The number of ether oxygens (including phenoxy) is 2. The van der Waals surface area contributed by atoms with Gasteiger partial charge in [0.2, 0.25) is 0 Å². The topological polar surface area (TPSA) is 109 Å². The molecule has 0 aliphatic carbocycles. The zero-order valence-electron chi connectivity index (χ0n) is 19.4. The van der Waals surface area contributed by atoms with E-state index in [1.165, 1.54) is 48.7 Å². The van der Waals surface area contributed by atoms with Gasteiger partial charge in [0.1, 0.15) is 21.3 Å². The van der Waals surface area contributed by atoms with E-state index < -0.39 is 44.5 Å². The SMILES string of the molecule is CCOc1cc(C(Cc2ncc(-c3ccccc3F)cc2[N+](=O)[O-])CS(C)(=O)=O)ccc1OC(F)F. The van der Waals surface area contributed by atoms with Crippen molar-refractivity contribution < 1.29 is 36.0 Å². The summed E-state index contributed by atoms with van der Waals surface area (Å²) in [6.45, 7) is -1.33. The van der Waals surface area contributed by atoms with Gasteiger partial charge in [0.05, 0.1) is 17.3 Å². The molecule has 0 amide bonds. The third-order valence-electron chi connectivity index (χ3n) is 5.23. The third-order valence-corrected chi connectivity index (χ3v) is 6.24. The Bertz CT molecular complexity index is 1350. The Hall–Kier alpha value is -3.67. The summed E-state index contributed by atoms with van der Waals surface area (Å²) in [6, 6.07) is 10.9. The van der Waals surface area contributed by atoms with Crippen molar-refractivity contribution in [2.75, 3.05) is 18.6 Å². The molecule has 192 valence electrons. The molecule has 0 N–H and O–H groups in total. The van der Waals surface area contributed by atoms with Crippen LogP contribution in [-0.4, -0.2) is 43.6 Å². The van der Waals surface area contributed by atoms with Gasteiger partial charge in [-0.2, -0.15) is 8.78 Å². The molecule has 12 heteroatoms. The molecule has 0 bridgehead atoms. The maximum Gasteiger partial charge on any atom is 0.387 e. The standard InChI is InChI=1S/C24H23F3N2O6S/c1-3-34-23-12-15(8-9-22(23)35-24(26)27)17(14-36(2,32)33)10-20-21(29(30)31)11-16(13-28-20)18-6-4-5-7-19(18)25/h4-9,11-13,17,24H,3,10,14H2,1-2H3. The average molecular weight is 525 g/mol. The van der Waals surface area contributed by atoms with Gasteiger partial charge < -0.3 is 9.47 Å². The van der Waals surface area contributed by atoms with Gasteiger partial charge in [-0.1, -0.05) is 24.3 Å². The van der Waals surface area contributed by atoms with E-state index in [0.717, 1.165) is 6.26 Å². The second kappa shape index (κ2) is 11.4. The summed E-state index contributed by atoms with van der Waals surface area (Å²) in [7, 11) is -3.57. The summed E-state index contributed by atoms with van der Waals surface area (Å²) in [5, 5.41) is 11.8. The van der Waals surface area contributed by atoms with Crippen molar-refractivity contribution in [3.8, 4) is 22.6 Å². The average Bonchev–Trinajstić information content (AvgIpc) is 2.79. The maximum absolute atomic E-state index is 14.2. The van der Waals surface area contributed by atoms with Gasteiger partial charge >= 0.3 is 6.61 Å². The summed E-state index contributed by atoms with van der Waals surface area (Å²) < 4.78 is 73.9. The Balaban J connectivity index is 2.05. The fourth-order valence-corrected chi connectivity index (χ4v) is 4.79. The molecule has 2 aromatic carbocycles. The van der Waals surface area contributed by atoms with Crippen LogP contribution in [0, 0.1) is 15.9 Å². The molecule has 0 spiro atoms. The highest BCUT2D eigenvalue weighted by atomic mass is 32.2. The Kier molecular flexibility index (Phi) is 8.51. The zero-order chi connectivity index (χ0) is 26.5. The van der Waals surface area contributed by atoms with Crippen LogP contribution in [0.2, 0.25) is 0 Å². The number of sulfone groups is 1. The quantitative estimate of drug-likeness (QED) is 0.252. The number of benzene rings is 2. The molecule has 36 heavy (non-hydrogen) atoms. The molecule has 1 aromatic heterocycles. The molecule has 0 saturated heterocycles. The predicted octanol–water partition coefficient (Wildman–Crippen LogP) is 5.17. The lowest BCUT2D eigenvalue weighted by atomic mass is 9.94. The second-order valence-corrected chi connectivity index (χ2v) is 10.1. The van der Waals surface area contributed by atoms with Crippen molar-refractivity contribution in [2.24, 2.45) is 0 Å². The Morgan fingerprint density at radius 3 is 2.44 bits per heavy atom. The van der Waals surface area contributed by atoms with Crippen LogP contribution < -0.4 is 9.47 Å². The van der Waals surface area contributed by atoms with E-state index in [2.05, 4.69) is 9.72 Å². The molecule has 1 atom stereocenters. The molecule has 1 unspecified atom stereocenters. The lowest BCUT2D eigenvalue weighted by Crippen LogP contribution is -2.17. The molecular formula is C24H23F3N2O6S. The first-order valence-corrected chi connectivity index (χ1v) is 12.8. The number of nitro groups is 1. The molecule has 3 rings (SSSR count). The molecule has 0 saturated carbocycles. The molecular weight excluding hydrogens is 501 g/mol. The van der Waals surface area contributed by atoms with Gasteiger partial charge in [-0.3, -0.25) is 15.1 Å². The van der Waals surface area contributed by atoms with Crippen LogP contribution in [0.1, 0.15) is 24.1 Å². The van der Waals surface area contributed by atoms with Crippen LogP contribution in [-0.2, 0) is 16.3 Å². The minimum absolute atomic E-state index is 0.0143. The first kappa shape index (κ1) is 26.9. The molecule has 1 heterocycles. The van der Waals surface area contributed by atoms with E-state index in [9.17, 15) is 31.7 Å². The third kappa shape index (κ3) is 6.94. The van der Waals surface area contributed by atoms with Gasteiger partial charge in [0.15, 0.2) is 11.5 Å². The summed E-state index contributed by atoms with van der Waals surface area (Å²) in [4.78, 5) is 15.3. The van der Waals surface area contributed by atoms with Gasteiger partial charge in [-0.05, 0) is 30.7 Å². The smallest absolute Gasteiger partial charge is 0.387 e. The highest BCUT2D eigenvalue weighted by Gasteiger charge is 2.26. The van der Waals surface area contributed by atoms with E-state index in [1.54, 1.807) is 13.0 Å². The van der Waals surface area contributed by atoms with Gasteiger partial charge in [0, 0.05) is 42.0 Å². The molecule has 3 aromatic rings. The highest BCUT2D eigenvalue weighted by Crippen LogP contribution is 2.35. The molecule has 0 radical (unpaired) electrons. The molecule has 0 aliphatic rings. The minimum Gasteiger partial charge on any atom is -0.490 e. The Morgan fingerprint density at radius 1 is 1.11 bits per heavy atom. The Morgan fingerprint density at radius 2 is 1.83 bits per heavy atom. The number of aromatic nitrogens is 1. The van der Waals surface area contributed by atoms with Gasteiger partial charge in [0.25, 0.3) is 5.69 Å². The molecule has 0 aliphatic heterocycles. The number of pyridine rings is 1. The summed E-state index contributed by atoms with van der Waals surface area (Å²) in [5.41, 5.74) is 0.273. The van der Waals surface area contributed by atoms with Gasteiger partial charge in [-0.15, -0.1) is 0 Å². The number of alkyl halides is 2. The first-order chi connectivity index (χ1) is 17.0. The van der Waals surface area contributed by atoms with Crippen molar-refractivity contribution in [3.63, 3.8) is 0 Å². The summed E-state index contributed by atoms with van der Waals surface area (Å²) in [5.74, 6) is -2.06. The van der Waals surface area contributed by atoms with E-state index >= 15 is 0 Å². The van der Waals surface area contributed by atoms with Crippen molar-refractivity contribution >= 4 is 15.5 Å². The predicted molar refractivity (Wildman–Crippen MR) is 127 cm³/mol. The number of nitrogens with zero attached hydrogens (tertiary/aromatic N) is 2. The van der Waals surface area contributed by atoms with E-state index in [-0.39, 0.29) is 41.3 Å². The maximum atomic E-state index is 14.2. The van der Waals surface area contributed by atoms with Crippen LogP contribution in [0.15, 0.2) is 54.7 Å². The molecule has 8 nitrogen and oxygen atoms in total. The second-order valence-electron chi connectivity index (χ2n) is 7.94. The number of hydrogen-bond donors (Lipinski definition) is 0. The number of rotatable bonds is 11. The number of hydrogen-bond acceptors (Lipinski definition) is 7. The molecule has 0 fully saturated rings. The monoisotopic (exact) mass is 524 g/mol. The fourth-order valence-electron chi connectivity index (χ4n) is 3.75. The normalized spacial score (nSPS) is 12.4. The lowest BCUT2D eigenvalue weighted by molar-refractivity contribution is -0.385. The van der Waals surface area contributed by atoms with Crippen LogP contribution >= 0.6 is 0 Å². The fraction of sp³-hybridized carbons (Fsp3) is 0.292. The van der Waals surface area contributed by atoms with E-state index in [0.29, 0.717) is 5.56 Å².